The molecule has 0 aliphatic heterocycles. The second-order valence-corrected chi connectivity index (χ2v) is 3.99. The van der Waals surface area contributed by atoms with Gasteiger partial charge in [0.1, 0.15) is 0 Å². The predicted molar refractivity (Wildman–Crippen MR) is 68.3 cm³/mol. The van der Waals surface area contributed by atoms with Gasteiger partial charge in [-0.3, -0.25) is 0 Å². The Bertz CT molecular complexity index is 581. The van der Waals surface area contributed by atoms with Gasteiger partial charge in [0.05, 0.1) is 5.56 Å². The van der Waals surface area contributed by atoms with E-state index in [2.05, 4.69) is 0 Å². The lowest BCUT2D eigenvalue weighted by atomic mass is 10.0. The first-order valence-electron chi connectivity index (χ1n) is 4.97. The van der Waals surface area contributed by atoms with Gasteiger partial charge in [-0.2, -0.15) is 0 Å². The number of nitrogens with two attached hydrogens (primary N) is 1. The molecule has 3 N–H and O–H groups in total. The lowest BCUT2D eigenvalue weighted by Gasteiger charge is -2.07. The normalized spacial score (nSPS) is 10.2. The molecular formula is C13H10ClNO2. The van der Waals surface area contributed by atoms with Crippen LogP contribution in [0.1, 0.15) is 10.4 Å². The summed E-state index contributed by atoms with van der Waals surface area (Å²) in [6.07, 6.45) is 0. The molecule has 0 aliphatic carbocycles. The van der Waals surface area contributed by atoms with Crippen LogP contribution in [0.5, 0.6) is 0 Å². The number of benzene rings is 2. The Balaban J connectivity index is 2.58. The lowest BCUT2D eigenvalue weighted by molar-refractivity contribution is 0.0698. The Hall–Kier alpha value is -2.00. The van der Waals surface area contributed by atoms with E-state index in [1.165, 1.54) is 6.07 Å². The van der Waals surface area contributed by atoms with Crippen LogP contribution in [0.4, 0.5) is 5.69 Å². The van der Waals surface area contributed by atoms with Gasteiger partial charge in [-0.05, 0) is 23.8 Å². The topological polar surface area (TPSA) is 63.3 Å². The highest BCUT2D eigenvalue weighted by atomic mass is 35.5. The SMILES string of the molecule is Nc1ccc(-c2ccccc2Cl)cc1C(=O)O. The molecule has 0 aliphatic rings. The highest BCUT2D eigenvalue weighted by molar-refractivity contribution is 6.33. The fraction of sp³-hybridized carbons (Fsp3) is 0. The fourth-order valence-corrected chi connectivity index (χ4v) is 1.85. The van der Waals surface area contributed by atoms with E-state index in [-0.39, 0.29) is 11.3 Å². The van der Waals surface area contributed by atoms with Crippen molar-refractivity contribution in [2.45, 2.75) is 0 Å². The Kier molecular flexibility index (Phi) is 3.02. The van der Waals surface area contributed by atoms with Gasteiger partial charge in [0.25, 0.3) is 0 Å². The summed E-state index contributed by atoms with van der Waals surface area (Å²) in [5, 5.41) is 9.57. The average Bonchev–Trinajstić information content (AvgIpc) is 2.30. The highest BCUT2D eigenvalue weighted by Gasteiger charge is 2.10. The Morgan fingerprint density at radius 1 is 1.18 bits per heavy atom. The molecule has 4 heteroatoms. The molecule has 0 heterocycles. The molecule has 86 valence electrons. The van der Waals surface area contributed by atoms with Gasteiger partial charge in [-0.1, -0.05) is 35.9 Å². The molecule has 0 unspecified atom stereocenters. The second-order valence-electron chi connectivity index (χ2n) is 3.59. The van der Waals surface area contributed by atoms with Crippen molar-refractivity contribution >= 4 is 23.3 Å². The minimum Gasteiger partial charge on any atom is -0.478 e. The molecule has 2 rings (SSSR count). The number of rotatable bonds is 2. The van der Waals surface area contributed by atoms with Crippen LogP contribution in [0.25, 0.3) is 11.1 Å². The number of anilines is 1. The van der Waals surface area contributed by atoms with Crippen molar-refractivity contribution < 1.29 is 9.90 Å². The van der Waals surface area contributed by atoms with Gasteiger partial charge in [0.2, 0.25) is 0 Å². The van der Waals surface area contributed by atoms with E-state index in [1.54, 1.807) is 18.2 Å². The van der Waals surface area contributed by atoms with Gasteiger partial charge in [-0.25, -0.2) is 4.79 Å². The van der Waals surface area contributed by atoms with Crippen LogP contribution in [0.15, 0.2) is 42.5 Å². The largest absolute Gasteiger partial charge is 0.478 e. The first kappa shape index (κ1) is 11.5. The van der Waals surface area contributed by atoms with Gasteiger partial charge in [0.15, 0.2) is 0 Å². The van der Waals surface area contributed by atoms with Gasteiger partial charge in [0, 0.05) is 16.3 Å². The van der Waals surface area contributed by atoms with Crippen molar-refractivity contribution in [3.63, 3.8) is 0 Å². The van der Waals surface area contributed by atoms with Crippen molar-refractivity contribution in [3.8, 4) is 11.1 Å². The maximum atomic E-state index is 11.0. The minimum atomic E-state index is -1.04. The van der Waals surface area contributed by atoms with Crippen LogP contribution in [0.2, 0.25) is 5.02 Å². The Morgan fingerprint density at radius 3 is 2.53 bits per heavy atom. The van der Waals surface area contributed by atoms with Crippen molar-refractivity contribution in [1.29, 1.82) is 0 Å². The van der Waals surface area contributed by atoms with Crippen molar-refractivity contribution in [2.24, 2.45) is 0 Å². The number of nitrogen functional groups attached to an aromatic ring is 1. The third-order valence-electron chi connectivity index (χ3n) is 2.47. The van der Waals surface area contributed by atoms with Crippen molar-refractivity contribution in [3.05, 3.63) is 53.1 Å². The van der Waals surface area contributed by atoms with Crippen LogP contribution >= 0.6 is 11.6 Å². The summed E-state index contributed by atoms with van der Waals surface area (Å²) in [5.41, 5.74) is 7.45. The average molecular weight is 248 g/mol. The third-order valence-corrected chi connectivity index (χ3v) is 2.80. The Labute approximate surface area is 103 Å². The minimum absolute atomic E-state index is 0.0856. The van der Waals surface area contributed by atoms with Crippen LogP contribution in [-0.4, -0.2) is 11.1 Å². The van der Waals surface area contributed by atoms with Crippen molar-refractivity contribution in [2.75, 3.05) is 5.73 Å². The summed E-state index contributed by atoms with van der Waals surface area (Å²) in [5.74, 6) is -1.04. The monoisotopic (exact) mass is 247 g/mol. The molecule has 0 fully saturated rings. The van der Waals surface area contributed by atoms with E-state index >= 15 is 0 Å². The number of carbonyl (C=O) groups is 1. The molecule has 3 nitrogen and oxygen atoms in total. The molecule has 0 amide bonds. The summed E-state index contributed by atoms with van der Waals surface area (Å²) in [7, 11) is 0. The number of hydrogen-bond acceptors (Lipinski definition) is 2. The zero-order chi connectivity index (χ0) is 12.4. The summed E-state index contributed by atoms with van der Waals surface area (Å²) in [6, 6.07) is 12.1. The summed E-state index contributed by atoms with van der Waals surface area (Å²) in [6.45, 7) is 0. The molecule has 0 aromatic heterocycles. The van der Waals surface area contributed by atoms with E-state index < -0.39 is 5.97 Å². The fourth-order valence-electron chi connectivity index (χ4n) is 1.60. The number of aromatic carboxylic acids is 1. The molecule has 0 bridgehead atoms. The van der Waals surface area contributed by atoms with E-state index in [9.17, 15) is 4.79 Å². The lowest BCUT2D eigenvalue weighted by Crippen LogP contribution is -2.02. The zero-order valence-corrected chi connectivity index (χ0v) is 9.61. The molecule has 2 aromatic carbocycles. The zero-order valence-electron chi connectivity index (χ0n) is 8.85. The third kappa shape index (κ3) is 2.24. The van der Waals surface area contributed by atoms with Gasteiger partial charge in [-0.15, -0.1) is 0 Å². The molecule has 0 atom stereocenters. The molecule has 17 heavy (non-hydrogen) atoms. The smallest absolute Gasteiger partial charge is 0.337 e. The van der Waals surface area contributed by atoms with Gasteiger partial charge < -0.3 is 10.8 Å². The van der Waals surface area contributed by atoms with E-state index in [1.807, 2.05) is 18.2 Å². The van der Waals surface area contributed by atoms with E-state index in [0.717, 1.165) is 11.1 Å². The van der Waals surface area contributed by atoms with Crippen LogP contribution in [0, 0.1) is 0 Å². The summed E-state index contributed by atoms with van der Waals surface area (Å²) in [4.78, 5) is 11.0. The number of carboxylic acids is 1. The standard InChI is InChI=1S/C13H10ClNO2/c14-11-4-2-1-3-9(11)8-5-6-12(15)10(7-8)13(16)17/h1-7H,15H2,(H,16,17). The quantitative estimate of drug-likeness (QED) is 0.801. The molecule has 0 radical (unpaired) electrons. The first-order valence-corrected chi connectivity index (χ1v) is 5.35. The maximum absolute atomic E-state index is 11.0. The molecule has 0 saturated carbocycles. The summed E-state index contributed by atoms with van der Waals surface area (Å²) >= 11 is 6.05. The van der Waals surface area contributed by atoms with Crippen molar-refractivity contribution in [1.82, 2.24) is 0 Å². The number of hydrogen-bond donors (Lipinski definition) is 2. The molecular weight excluding hydrogens is 238 g/mol. The highest BCUT2D eigenvalue weighted by Crippen LogP contribution is 2.29. The number of carboxylic acid groups (broad SMARTS) is 1. The van der Waals surface area contributed by atoms with Gasteiger partial charge >= 0.3 is 5.97 Å². The number of halogens is 1. The van der Waals surface area contributed by atoms with Crippen LogP contribution in [-0.2, 0) is 0 Å². The Morgan fingerprint density at radius 2 is 1.88 bits per heavy atom. The molecule has 0 spiro atoms. The van der Waals surface area contributed by atoms with E-state index in [0.29, 0.717) is 5.02 Å². The molecule has 0 saturated heterocycles. The van der Waals surface area contributed by atoms with Crippen LogP contribution in [0.3, 0.4) is 0 Å². The first-order chi connectivity index (χ1) is 8.09. The molecule has 2 aromatic rings. The van der Waals surface area contributed by atoms with E-state index in [4.69, 9.17) is 22.4 Å². The second kappa shape index (κ2) is 4.47. The predicted octanol–water partition coefficient (Wildman–Crippen LogP) is 3.29. The van der Waals surface area contributed by atoms with Crippen LogP contribution < -0.4 is 5.73 Å². The summed E-state index contributed by atoms with van der Waals surface area (Å²) < 4.78 is 0. The maximum Gasteiger partial charge on any atom is 0.337 e.